The highest BCUT2D eigenvalue weighted by molar-refractivity contribution is 6.33. The topological polar surface area (TPSA) is 84.3 Å². The minimum Gasteiger partial charge on any atom is -0.377 e. The Balaban J connectivity index is 2.04. The number of hydrogen-bond acceptors (Lipinski definition) is 4. The molecule has 138 valence electrons. The summed E-state index contributed by atoms with van der Waals surface area (Å²) in [7, 11) is 0. The van der Waals surface area contributed by atoms with E-state index < -0.39 is 28.5 Å². The molecule has 6 nitrogen and oxygen atoms in total. The predicted molar refractivity (Wildman–Crippen MR) is 94.9 cm³/mol. The number of rotatable bonds is 6. The van der Waals surface area contributed by atoms with Crippen LogP contribution in [0.5, 0.6) is 0 Å². The van der Waals surface area contributed by atoms with E-state index in [1.165, 1.54) is 18.2 Å². The average molecular weight is 404 g/mol. The van der Waals surface area contributed by atoms with Gasteiger partial charge in [-0.2, -0.15) is 0 Å². The molecule has 1 amide bonds. The van der Waals surface area contributed by atoms with Crippen molar-refractivity contribution in [3.8, 4) is 0 Å². The van der Waals surface area contributed by atoms with Gasteiger partial charge in [0.05, 0.1) is 15.5 Å². The molecule has 0 fully saturated rings. The number of nitro groups is 1. The molecule has 2 aromatic carbocycles. The lowest BCUT2D eigenvalue weighted by atomic mass is 10.2. The van der Waals surface area contributed by atoms with Crippen LogP contribution in [0.4, 0.5) is 20.2 Å². The molecular formula is C16H13Cl2F2N3O3. The highest BCUT2D eigenvalue weighted by Gasteiger charge is 2.18. The Bertz CT molecular complexity index is 865. The van der Waals surface area contributed by atoms with Crippen LogP contribution in [0.1, 0.15) is 17.3 Å². The van der Waals surface area contributed by atoms with Crippen molar-refractivity contribution < 1.29 is 18.5 Å². The number of halogens is 4. The number of anilines is 1. The lowest BCUT2D eigenvalue weighted by Gasteiger charge is -2.16. The number of amides is 1. The summed E-state index contributed by atoms with van der Waals surface area (Å²) in [4.78, 5) is 22.6. The van der Waals surface area contributed by atoms with E-state index in [-0.39, 0.29) is 33.5 Å². The summed E-state index contributed by atoms with van der Waals surface area (Å²) in [5.41, 5.74) is -0.194. The SMILES string of the molecule is C[C@H](CNc1ccc(Cl)cc1[N+](=O)[O-])NC(=O)c1cc(F)c(F)cc1Cl. The molecule has 10 heteroatoms. The van der Waals surface area contributed by atoms with E-state index in [4.69, 9.17) is 23.2 Å². The minimum absolute atomic E-state index is 0.134. The molecule has 0 spiro atoms. The number of benzene rings is 2. The van der Waals surface area contributed by atoms with Gasteiger partial charge in [0.25, 0.3) is 11.6 Å². The van der Waals surface area contributed by atoms with Crippen LogP contribution < -0.4 is 10.6 Å². The average Bonchev–Trinajstić information content (AvgIpc) is 2.56. The molecule has 0 heterocycles. The maximum atomic E-state index is 13.3. The molecule has 2 rings (SSSR count). The smallest absolute Gasteiger partial charge is 0.293 e. The van der Waals surface area contributed by atoms with Crippen molar-refractivity contribution in [2.75, 3.05) is 11.9 Å². The van der Waals surface area contributed by atoms with E-state index in [1.807, 2.05) is 0 Å². The molecule has 0 unspecified atom stereocenters. The maximum absolute atomic E-state index is 13.3. The third-order valence-corrected chi connectivity index (χ3v) is 3.94. The first kappa shape index (κ1) is 19.9. The van der Waals surface area contributed by atoms with Gasteiger partial charge in [-0.1, -0.05) is 23.2 Å². The summed E-state index contributed by atoms with van der Waals surface area (Å²) in [6, 6.07) is 5.06. The first-order chi connectivity index (χ1) is 12.2. The molecule has 0 aliphatic rings. The molecule has 26 heavy (non-hydrogen) atoms. The van der Waals surface area contributed by atoms with Crippen LogP contribution in [0.25, 0.3) is 0 Å². The van der Waals surface area contributed by atoms with Crippen molar-refractivity contribution in [3.05, 3.63) is 67.7 Å². The Morgan fingerprint density at radius 1 is 1.23 bits per heavy atom. The highest BCUT2D eigenvalue weighted by atomic mass is 35.5. The van der Waals surface area contributed by atoms with Crippen LogP contribution in [0, 0.1) is 21.7 Å². The van der Waals surface area contributed by atoms with Gasteiger partial charge in [-0.25, -0.2) is 8.78 Å². The van der Waals surface area contributed by atoms with Gasteiger partial charge in [-0.05, 0) is 31.2 Å². The van der Waals surface area contributed by atoms with Crippen LogP contribution >= 0.6 is 23.2 Å². The zero-order valence-electron chi connectivity index (χ0n) is 13.4. The van der Waals surface area contributed by atoms with E-state index >= 15 is 0 Å². The van der Waals surface area contributed by atoms with E-state index in [0.717, 1.165) is 0 Å². The highest BCUT2D eigenvalue weighted by Crippen LogP contribution is 2.27. The monoisotopic (exact) mass is 403 g/mol. The number of carbonyl (C=O) groups is 1. The van der Waals surface area contributed by atoms with Gasteiger partial charge in [0.15, 0.2) is 11.6 Å². The van der Waals surface area contributed by atoms with Crippen molar-refractivity contribution in [3.63, 3.8) is 0 Å². The molecule has 0 saturated heterocycles. The second-order valence-electron chi connectivity index (χ2n) is 5.42. The largest absolute Gasteiger partial charge is 0.377 e. The van der Waals surface area contributed by atoms with Crippen LogP contribution in [-0.2, 0) is 0 Å². The van der Waals surface area contributed by atoms with Crippen LogP contribution in [0.3, 0.4) is 0 Å². The second kappa shape index (κ2) is 8.29. The first-order valence-electron chi connectivity index (χ1n) is 7.32. The normalized spacial score (nSPS) is 11.7. The van der Waals surface area contributed by atoms with Gasteiger partial charge >= 0.3 is 0 Å². The Morgan fingerprint density at radius 2 is 1.88 bits per heavy atom. The van der Waals surface area contributed by atoms with Crippen molar-refractivity contribution in [1.82, 2.24) is 5.32 Å². The first-order valence-corrected chi connectivity index (χ1v) is 8.08. The molecular weight excluding hydrogens is 391 g/mol. The Hall–Kier alpha value is -2.45. The van der Waals surface area contributed by atoms with Gasteiger partial charge in [0, 0.05) is 23.7 Å². The Kier molecular flexibility index (Phi) is 6.33. The maximum Gasteiger partial charge on any atom is 0.293 e. The standard InChI is InChI=1S/C16H13Cl2F2N3O3/c1-8(7-21-14-3-2-9(17)4-15(14)23(25)26)22-16(24)10-5-12(19)13(20)6-11(10)18/h2-6,8,21H,7H2,1H3,(H,22,24)/t8-/m1/s1. The van der Waals surface area contributed by atoms with E-state index in [9.17, 15) is 23.7 Å². The lowest BCUT2D eigenvalue weighted by molar-refractivity contribution is -0.383. The minimum atomic E-state index is -1.19. The predicted octanol–water partition coefficient (Wildman–Crippen LogP) is 4.41. The summed E-state index contributed by atoms with van der Waals surface area (Å²) in [5.74, 6) is -3.05. The van der Waals surface area contributed by atoms with Gasteiger partial charge in [0.2, 0.25) is 0 Å². The van der Waals surface area contributed by atoms with E-state index in [0.29, 0.717) is 12.1 Å². The molecule has 0 saturated carbocycles. The fourth-order valence-electron chi connectivity index (χ4n) is 2.12. The van der Waals surface area contributed by atoms with Crippen molar-refractivity contribution in [1.29, 1.82) is 0 Å². The summed E-state index contributed by atoms with van der Waals surface area (Å²) in [5, 5.41) is 16.4. The zero-order valence-corrected chi connectivity index (χ0v) is 14.9. The summed E-state index contributed by atoms with van der Waals surface area (Å²) < 4.78 is 26.3. The van der Waals surface area contributed by atoms with Crippen LogP contribution in [0.2, 0.25) is 10.0 Å². The number of nitro benzene ring substituents is 1. The Morgan fingerprint density at radius 3 is 2.54 bits per heavy atom. The number of nitrogens with zero attached hydrogens (tertiary/aromatic N) is 1. The fraction of sp³-hybridized carbons (Fsp3) is 0.188. The van der Waals surface area contributed by atoms with E-state index in [2.05, 4.69) is 10.6 Å². The molecule has 0 aliphatic heterocycles. The number of nitrogens with one attached hydrogen (secondary N) is 2. The molecule has 0 aromatic heterocycles. The summed E-state index contributed by atoms with van der Waals surface area (Å²) in [6.07, 6.45) is 0. The molecule has 2 aromatic rings. The van der Waals surface area contributed by atoms with Crippen molar-refractivity contribution in [2.45, 2.75) is 13.0 Å². The second-order valence-corrected chi connectivity index (χ2v) is 6.26. The van der Waals surface area contributed by atoms with Gasteiger partial charge in [-0.3, -0.25) is 14.9 Å². The van der Waals surface area contributed by atoms with E-state index in [1.54, 1.807) is 6.92 Å². The molecule has 0 bridgehead atoms. The third-order valence-electron chi connectivity index (χ3n) is 3.39. The summed E-state index contributed by atoms with van der Waals surface area (Å²) in [6.45, 7) is 1.76. The summed E-state index contributed by atoms with van der Waals surface area (Å²) >= 11 is 11.5. The van der Waals surface area contributed by atoms with Crippen molar-refractivity contribution in [2.24, 2.45) is 0 Å². The molecule has 0 aliphatic carbocycles. The molecule has 1 atom stereocenters. The van der Waals surface area contributed by atoms with Crippen molar-refractivity contribution >= 4 is 40.5 Å². The zero-order chi connectivity index (χ0) is 19.4. The van der Waals surface area contributed by atoms with Gasteiger partial charge < -0.3 is 10.6 Å². The molecule has 0 radical (unpaired) electrons. The van der Waals surface area contributed by atoms with Gasteiger partial charge in [0.1, 0.15) is 5.69 Å². The van der Waals surface area contributed by atoms with Gasteiger partial charge in [-0.15, -0.1) is 0 Å². The quantitative estimate of drug-likeness (QED) is 0.425. The fourth-order valence-corrected chi connectivity index (χ4v) is 2.52. The third kappa shape index (κ3) is 4.80. The van der Waals surface area contributed by atoms with Crippen LogP contribution in [0.15, 0.2) is 30.3 Å². The number of carbonyl (C=O) groups excluding carboxylic acids is 1. The Labute approximate surface area is 157 Å². The van der Waals surface area contributed by atoms with Crippen LogP contribution in [-0.4, -0.2) is 23.4 Å². The number of hydrogen-bond donors (Lipinski definition) is 2. The lowest BCUT2D eigenvalue weighted by Crippen LogP contribution is -2.37. The molecule has 2 N–H and O–H groups in total.